The quantitative estimate of drug-likeness (QED) is 0.749. The van der Waals surface area contributed by atoms with Gasteiger partial charge in [-0.1, -0.05) is 20.8 Å². The Labute approximate surface area is 101 Å². The lowest BCUT2D eigenvalue weighted by molar-refractivity contribution is 0.0613. The lowest BCUT2D eigenvalue weighted by Gasteiger charge is -2.37. The maximum atomic E-state index is 5.34. The van der Waals surface area contributed by atoms with Crippen LogP contribution in [0.4, 0.5) is 0 Å². The first-order chi connectivity index (χ1) is 7.63. The number of rotatable bonds is 6. The molecule has 2 atom stereocenters. The molecule has 0 aromatic rings. The van der Waals surface area contributed by atoms with Gasteiger partial charge < -0.3 is 10.1 Å². The standard InChI is InChI=1S/C13H28N2O/c1-11(2)14-8-13(10-16-4)15-7-5-6-12(3)9-15/h11-14H,5-10H2,1-4H3. The Morgan fingerprint density at radius 3 is 2.75 bits per heavy atom. The molecule has 0 aliphatic carbocycles. The minimum atomic E-state index is 0.537. The predicted molar refractivity (Wildman–Crippen MR) is 68.8 cm³/mol. The van der Waals surface area contributed by atoms with Gasteiger partial charge in [-0.05, 0) is 25.3 Å². The van der Waals surface area contributed by atoms with E-state index in [1.807, 2.05) is 0 Å². The van der Waals surface area contributed by atoms with Gasteiger partial charge in [0.2, 0.25) is 0 Å². The Balaban J connectivity index is 2.40. The van der Waals surface area contributed by atoms with Crippen molar-refractivity contribution < 1.29 is 4.74 Å². The van der Waals surface area contributed by atoms with Crippen molar-refractivity contribution >= 4 is 0 Å². The third kappa shape index (κ3) is 4.81. The van der Waals surface area contributed by atoms with E-state index in [0.29, 0.717) is 12.1 Å². The fraction of sp³-hybridized carbons (Fsp3) is 1.00. The monoisotopic (exact) mass is 228 g/mol. The predicted octanol–water partition coefficient (Wildman–Crippen LogP) is 1.73. The minimum absolute atomic E-state index is 0.537. The van der Waals surface area contributed by atoms with E-state index in [1.165, 1.54) is 25.9 Å². The third-order valence-corrected chi connectivity index (χ3v) is 3.33. The summed E-state index contributed by atoms with van der Waals surface area (Å²) in [5.41, 5.74) is 0. The van der Waals surface area contributed by atoms with Gasteiger partial charge in [0.05, 0.1) is 6.61 Å². The van der Waals surface area contributed by atoms with Gasteiger partial charge in [-0.15, -0.1) is 0 Å². The molecule has 0 bridgehead atoms. The third-order valence-electron chi connectivity index (χ3n) is 3.33. The topological polar surface area (TPSA) is 24.5 Å². The Bertz CT molecular complexity index is 185. The normalized spacial score (nSPS) is 24.9. The maximum Gasteiger partial charge on any atom is 0.0630 e. The number of nitrogens with one attached hydrogen (secondary N) is 1. The Hall–Kier alpha value is -0.120. The molecule has 0 aromatic heterocycles. The number of piperidine rings is 1. The van der Waals surface area contributed by atoms with E-state index >= 15 is 0 Å². The van der Waals surface area contributed by atoms with Crippen LogP contribution in [-0.2, 0) is 4.74 Å². The van der Waals surface area contributed by atoms with Crippen molar-refractivity contribution in [2.24, 2.45) is 5.92 Å². The van der Waals surface area contributed by atoms with Crippen LogP contribution >= 0.6 is 0 Å². The van der Waals surface area contributed by atoms with Gasteiger partial charge in [-0.3, -0.25) is 4.90 Å². The fourth-order valence-electron chi connectivity index (χ4n) is 2.41. The van der Waals surface area contributed by atoms with Gasteiger partial charge in [0, 0.05) is 32.3 Å². The van der Waals surface area contributed by atoms with Crippen LogP contribution in [0, 0.1) is 5.92 Å². The largest absolute Gasteiger partial charge is 0.383 e. The number of ether oxygens (including phenoxy) is 1. The van der Waals surface area contributed by atoms with Gasteiger partial charge in [0.25, 0.3) is 0 Å². The van der Waals surface area contributed by atoms with Crippen molar-refractivity contribution in [3.8, 4) is 0 Å². The molecule has 3 heteroatoms. The van der Waals surface area contributed by atoms with E-state index in [0.717, 1.165) is 19.1 Å². The molecule has 1 N–H and O–H groups in total. The van der Waals surface area contributed by atoms with Crippen molar-refractivity contribution in [1.82, 2.24) is 10.2 Å². The summed E-state index contributed by atoms with van der Waals surface area (Å²) in [5, 5.41) is 3.52. The summed E-state index contributed by atoms with van der Waals surface area (Å²) < 4.78 is 5.34. The molecule has 0 spiro atoms. The van der Waals surface area contributed by atoms with Crippen LogP contribution in [0.1, 0.15) is 33.6 Å². The summed E-state index contributed by atoms with van der Waals surface area (Å²) in [6, 6.07) is 1.09. The summed E-state index contributed by atoms with van der Waals surface area (Å²) in [4.78, 5) is 2.59. The van der Waals surface area contributed by atoms with E-state index in [4.69, 9.17) is 4.74 Å². The highest BCUT2D eigenvalue weighted by Crippen LogP contribution is 2.17. The molecule has 0 radical (unpaired) electrons. The summed E-state index contributed by atoms with van der Waals surface area (Å²) in [7, 11) is 1.80. The average Bonchev–Trinajstić information content (AvgIpc) is 2.24. The van der Waals surface area contributed by atoms with Gasteiger partial charge in [-0.2, -0.15) is 0 Å². The molecule has 1 rings (SSSR count). The molecule has 1 heterocycles. The van der Waals surface area contributed by atoms with Crippen LogP contribution in [0.5, 0.6) is 0 Å². The molecule has 1 aliphatic rings. The second-order valence-corrected chi connectivity index (χ2v) is 5.41. The first kappa shape index (κ1) is 13.9. The second-order valence-electron chi connectivity index (χ2n) is 5.41. The molecule has 0 aromatic carbocycles. The van der Waals surface area contributed by atoms with Crippen molar-refractivity contribution in [3.63, 3.8) is 0 Å². The van der Waals surface area contributed by atoms with E-state index < -0.39 is 0 Å². The number of hydrogen-bond acceptors (Lipinski definition) is 3. The van der Waals surface area contributed by atoms with Crippen molar-refractivity contribution in [2.75, 3.05) is 33.4 Å². The van der Waals surface area contributed by atoms with Gasteiger partial charge >= 0.3 is 0 Å². The summed E-state index contributed by atoms with van der Waals surface area (Å²) >= 11 is 0. The molecule has 1 fully saturated rings. The SMILES string of the molecule is COCC(CNC(C)C)N1CCCC(C)C1. The highest BCUT2D eigenvalue weighted by molar-refractivity contribution is 4.79. The Kier molecular flexibility index (Phi) is 6.32. The van der Waals surface area contributed by atoms with Crippen LogP contribution < -0.4 is 5.32 Å². The van der Waals surface area contributed by atoms with Gasteiger partial charge in [-0.25, -0.2) is 0 Å². The van der Waals surface area contributed by atoms with E-state index in [-0.39, 0.29) is 0 Å². The zero-order valence-corrected chi connectivity index (χ0v) is 11.3. The van der Waals surface area contributed by atoms with Crippen LogP contribution in [0.2, 0.25) is 0 Å². The Morgan fingerprint density at radius 2 is 2.19 bits per heavy atom. The van der Waals surface area contributed by atoms with Gasteiger partial charge in [0.1, 0.15) is 0 Å². The van der Waals surface area contributed by atoms with Crippen molar-refractivity contribution in [1.29, 1.82) is 0 Å². The summed E-state index contributed by atoms with van der Waals surface area (Å²) in [6.07, 6.45) is 2.72. The zero-order valence-electron chi connectivity index (χ0n) is 11.3. The zero-order chi connectivity index (χ0) is 12.0. The lowest BCUT2D eigenvalue weighted by atomic mass is 9.99. The first-order valence-corrected chi connectivity index (χ1v) is 6.59. The highest BCUT2D eigenvalue weighted by atomic mass is 16.5. The van der Waals surface area contributed by atoms with Crippen LogP contribution in [-0.4, -0.2) is 50.3 Å². The van der Waals surface area contributed by atoms with Crippen LogP contribution in [0.25, 0.3) is 0 Å². The second kappa shape index (κ2) is 7.25. The van der Waals surface area contributed by atoms with Crippen molar-refractivity contribution in [2.45, 2.75) is 45.7 Å². The highest BCUT2D eigenvalue weighted by Gasteiger charge is 2.23. The fourth-order valence-corrected chi connectivity index (χ4v) is 2.41. The average molecular weight is 228 g/mol. The Morgan fingerprint density at radius 1 is 1.44 bits per heavy atom. The van der Waals surface area contributed by atoms with Gasteiger partial charge in [0.15, 0.2) is 0 Å². The number of methoxy groups -OCH3 is 1. The molecule has 0 amide bonds. The molecular formula is C13H28N2O. The number of likely N-dealkylation sites (tertiary alicyclic amines) is 1. The summed E-state index contributed by atoms with van der Waals surface area (Å²) in [5.74, 6) is 0.840. The molecule has 1 aliphatic heterocycles. The minimum Gasteiger partial charge on any atom is -0.383 e. The van der Waals surface area contributed by atoms with Crippen molar-refractivity contribution in [3.05, 3.63) is 0 Å². The summed E-state index contributed by atoms with van der Waals surface area (Å²) in [6.45, 7) is 11.1. The molecule has 96 valence electrons. The van der Waals surface area contributed by atoms with E-state index in [1.54, 1.807) is 7.11 Å². The molecule has 16 heavy (non-hydrogen) atoms. The smallest absolute Gasteiger partial charge is 0.0630 e. The van der Waals surface area contributed by atoms with Crippen LogP contribution in [0.15, 0.2) is 0 Å². The molecule has 3 nitrogen and oxygen atoms in total. The maximum absolute atomic E-state index is 5.34. The number of nitrogens with zero attached hydrogens (tertiary/aromatic N) is 1. The molecule has 0 saturated carbocycles. The van der Waals surface area contributed by atoms with E-state index in [9.17, 15) is 0 Å². The van der Waals surface area contributed by atoms with E-state index in [2.05, 4.69) is 31.0 Å². The molecular weight excluding hydrogens is 200 g/mol. The first-order valence-electron chi connectivity index (χ1n) is 6.59. The van der Waals surface area contributed by atoms with Crippen LogP contribution in [0.3, 0.4) is 0 Å². The molecule has 2 unspecified atom stereocenters. The number of hydrogen-bond donors (Lipinski definition) is 1. The lowest BCUT2D eigenvalue weighted by Crippen LogP contribution is -2.50. The molecule has 1 saturated heterocycles.